The van der Waals surface area contributed by atoms with Crippen molar-refractivity contribution in [2.45, 2.75) is 0 Å². The molecule has 8 heteroatoms. The van der Waals surface area contributed by atoms with Gasteiger partial charge in [0.05, 0.1) is 66.9 Å². The fraction of sp³-hybridized carbons (Fsp3) is 0. The maximum atomic E-state index is 5.34. The zero-order chi connectivity index (χ0) is 71.2. The Hall–Kier alpha value is -14.6. The molecule has 108 heavy (non-hydrogen) atoms. The molecule has 0 saturated heterocycles. The minimum atomic E-state index is 0.883. The van der Waals surface area contributed by atoms with E-state index in [-0.39, 0.29) is 0 Å². The minimum absolute atomic E-state index is 0.883. The number of nitrogens with zero attached hydrogens (tertiary/aromatic N) is 8. The molecule has 8 nitrogen and oxygen atoms in total. The number of fused-ring (bicyclic) bond motifs is 14. The van der Waals surface area contributed by atoms with E-state index in [0.717, 1.165) is 112 Å². The van der Waals surface area contributed by atoms with Crippen molar-refractivity contribution >= 4 is 109 Å². The predicted molar refractivity (Wildman–Crippen MR) is 449 cm³/mol. The molecule has 0 aliphatic heterocycles. The van der Waals surface area contributed by atoms with Crippen LogP contribution in [0.1, 0.15) is 0 Å². The van der Waals surface area contributed by atoms with Crippen LogP contribution in [0.3, 0.4) is 0 Å². The van der Waals surface area contributed by atoms with E-state index in [4.69, 9.17) is 19.9 Å². The van der Waals surface area contributed by atoms with E-state index in [9.17, 15) is 0 Å². The summed E-state index contributed by atoms with van der Waals surface area (Å²) in [7, 11) is 0. The zero-order valence-corrected chi connectivity index (χ0v) is 58.5. The minimum Gasteiger partial charge on any atom is -0.294 e. The van der Waals surface area contributed by atoms with Gasteiger partial charge in [-0.05, 0) is 153 Å². The van der Waals surface area contributed by atoms with Crippen molar-refractivity contribution in [2.75, 3.05) is 0 Å². The molecule has 8 aromatic heterocycles. The number of para-hydroxylation sites is 4. The van der Waals surface area contributed by atoms with E-state index in [1.165, 1.54) is 86.9 Å². The molecule has 0 bridgehead atoms. The van der Waals surface area contributed by atoms with Crippen LogP contribution in [0.15, 0.2) is 388 Å². The van der Waals surface area contributed by atoms with Crippen molar-refractivity contribution in [2.24, 2.45) is 0 Å². The van der Waals surface area contributed by atoms with Crippen molar-refractivity contribution in [3.05, 3.63) is 388 Å². The first-order valence-corrected chi connectivity index (χ1v) is 36.7. The average molecular weight is 1380 g/mol. The molecule has 14 aromatic carbocycles. The Morgan fingerprint density at radius 1 is 0.148 bits per heavy atom. The maximum absolute atomic E-state index is 5.34. The van der Waals surface area contributed by atoms with Crippen molar-refractivity contribution in [3.8, 4) is 90.6 Å². The number of rotatable bonds is 10. The summed E-state index contributed by atoms with van der Waals surface area (Å²) in [5, 5.41) is 14.2. The molecule has 22 rings (SSSR count). The molecule has 8 heterocycles. The topological polar surface area (TPSA) is 71.3 Å². The van der Waals surface area contributed by atoms with E-state index in [2.05, 4.69) is 407 Å². The van der Waals surface area contributed by atoms with Crippen molar-refractivity contribution in [1.29, 1.82) is 0 Å². The molecule has 0 unspecified atom stereocenters. The van der Waals surface area contributed by atoms with E-state index in [1.807, 2.05) is 0 Å². The first-order chi connectivity index (χ1) is 53.6. The molecule has 504 valence electrons. The highest BCUT2D eigenvalue weighted by atomic mass is 15.1. The standard InChI is InChI=1S/C52H34N4.C48H30N4/c1-3-15-35(16-4-1)37-19-11-21-39(31-37)45-25-13-29-51(53-45)55-47-27-9-7-23-41(47)43-34-50-44(33-49(43)55)42-24-8-10-28-48(42)56(50)52-30-14-26-46(54-52)40-22-12-20-38(32-40)36-17-5-2-6-18-36;1-3-17-33-31(13-1)15-9-21-35(33)41-23-11-27-47(49-41)51-43-25-7-5-19-37(43)39-30-46-40(29-45(39)51)38-20-6-8-26-44(38)52(46)48-28-12-24-42(50-48)36-22-10-16-32-14-2-4-18-34(32)36/h1-34H;1-30H. The first-order valence-electron chi connectivity index (χ1n) is 36.7. The lowest BCUT2D eigenvalue weighted by Crippen LogP contribution is -1.99. The van der Waals surface area contributed by atoms with Crippen LogP contribution in [0.2, 0.25) is 0 Å². The second-order valence-electron chi connectivity index (χ2n) is 27.7. The molecule has 0 spiro atoms. The SMILES string of the molecule is c1cc(-c2cccc3ccccc23)nc(-n2c3ccccc3c3cc4c(cc32)c2ccccc2n4-c2cccc(-c3cccc4ccccc34)n2)c1.c1ccc(-c2cccc(-c3cccc(-n4c5ccccc5c5cc6c(cc54)c4ccccc4n6-c4cccc(-c5cccc(-c6ccccc6)c5)n4)n3)c2)cc1. The average Bonchev–Trinajstić information content (AvgIpc) is 1.56. The number of hydrogen-bond donors (Lipinski definition) is 0. The van der Waals surface area contributed by atoms with Gasteiger partial charge in [-0.25, -0.2) is 19.9 Å². The van der Waals surface area contributed by atoms with Crippen molar-refractivity contribution < 1.29 is 0 Å². The molecule has 0 atom stereocenters. The summed E-state index contributed by atoms with van der Waals surface area (Å²) in [4.78, 5) is 21.3. The summed E-state index contributed by atoms with van der Waals surface area (Å²) in [5.74, 6) is 3.55. The molecule has 0 aliphatic rings. The third kappa shape index (κ3) is 10.4. The fourth-order valence-corrected chi connectivity index (χ4v) is 16.5. The zero-order valence-electron chi connectivity index (χ0n) is 58.5. The van der Waals surface area contributed by atoms with Gasteiger partial charge < -0.3 is 0 Å². The number of aromatic nitrogens is 8. The van der Waals surface area contributed by atoms with Gasteiger partial charge in [0.25, 0.3) is 0 Å². The predicted octanol–water partition coefficient (Wildman–Crippen LogP) is 25.7. The Morgan fingerprint density at radius 3 is 0.750 bits per heavy atom. The molecule has 0 fully saturated rings. The lowest BCUT2D eigenvalue weighted by atomic mass is 10.0. The second-order valence-corrected chi connectivity index (χ2v) is 27.7. The fourth-order valence-electron chi connectivity index (χ4n) is 16.5. The molecule has 0 N–H and O–H groups in total. The van der Waals surface area contributed by atoms with Crippen molar-refractivity contribution in [3.63, 3.8) is 0 Å². The summed E-state index contributed by atoms with van der Waals surface area (Å²) in [6, 6.07) is 138. The van der Waals surface area contributed by atoms with Crippen LogP contribution in [0, 0.1) is 0 Å². The largest absolute Gasteiger partial charge is 0.294 e. The molecule has 22 aromatic rings. The van der Waals surface area contributed by atoms with Gasteiger partial charge in [-0.2, -0.15) is 0 Å². The van der Waals surface area contributed by atoms with Gasteiger partial charge in [0, 0.05) is 65.3 Å². The normalized spacial score (nSPS) is 11.7. The van der Waals surface area contributed by atoms with Crippen LogP contribution in [0.4, 0.5) is 0 Å². The van der Waals surface area contributed by atoms with Crippen LogP contribution in [0.5, 0.6) is 0 Å². The van der Waals surface area contributed by atoms with Crippen LogP contribution < -0.4 is 0 Å². The molecule has 0 radical (unpaired) electrons. The van der Waals surface area contributed by atoms with E-state index in [0.29, 0.717) is 0 Å². The lowest BCUT2D eigenvalue weighted by molar-refractivity contribution is 1.08. The summed E-state index contributed by atoms with van der Waals surface area (Å²) in [6.45, 7) is 0. The van der Waals surface area contributed by atoms with Gasteiger partial charge >= 0.3 is 0 Å². The Kier molecular flexibility index (Phi) is 14.7. The summed E-state index contributed by atoms with van der Waals surface area (Å²) in [5.41, 5.74) is 21.9. The summed E-state index contributed by atoms with van der Waals surface area (Å²) in [6.07, 6.45) is 0. The Bertz CT molecular complexity index is 6870. The third-order valence-electron chi connectivity index (χ3n) is 21.4. The highest BCUT2D eigenvalue weighted by Crippen LogP contribution is 2.43. The van der Waals surface area contributed by atoms with Crippen molar-refractivity contribution in [1.82, 2.24) is 38.2 Å². The monoisotopic (exact) mass is 1380 g/mol. The van der Waals surface area contributed by atoms with Crippen LogP contribution >= 0.6 is 0 Å². The quantitative estimate of drug-likeness (QED) is 0.137. The summed E-state index contributed by atoms with van der Waals surface area (Å²) >= 11 is 0. The Labute approximate surface area is 621 Å². The van der Waals surface area contributed by atoms with E-state index >= 15 is 0 Å². The molecule has 0 aliphatic carbocycles. The second kappa shape index (κ2) is 25.7. The smallest absolute Gasteiger partial charge is 0.138 e. The van der Waals surface area contributed by atoms with Gasteiger partial charge in [0.15, 0.2) is 0 Å². The highest BCUT2D eigenvalue weighted by Gasteiger charge is 2.23. The van der Waals surface area contributed by atoms with Crippen LogP contribution in [0.25, 0.3) is 199 Å². The Balaban J connectivity index is 0.000000138. The summed E-state index contributed by atoms with van der Waals surface area (Å²) < 4.78 is 9.28. The van der Waals surface area contributed by atoms with Gasteiger partial charge in [-0.1, -0.05) is 279 Å². The van der Waals surface area contributed by atoms with E-state index < -0.39 is 0 Å². The Morgan fingerprint density at radius 2 is 0.398 bits per heavy atom. The van der Waals surface area contributed by atoms with E-state index in [1.54, 1.807) is 0 Å². The molecular formula is C100H64N8. The van der Waals surface area contributed by atoms with Gasteiger partial charge in [0.2, 0.25) is 0 Å². The van der Waals surface area contributed by atoms with Crippen LogP contribution in [-0.4, -0.2) is 38.2 Å². The lowest BCUT2D eigenvalue weighted by Gasteiger charge is -2.12. The van der Waals surface area contributed by atoms with Crippen LogP contribution in [-0.2, 0) is 0 Å². The molecule has 0 saturated carbocycles. The van der Waals surface area contributed by atoms with Gasteiger partial charge in [0.1, 0.15) is 23.3 Å². The number of hydrogen-bond acceptors (Lipinski definition) is 4. The molecule has 0 amide bonds. The maximum Gasteiger partial charge on any atom is 0.138 e. The molecular weight excluding hydrogens is 1310 g/mol. The highest BCUT2D eigenvalue weighted by molar-refractivity contribution is 6.21. The first kappa shape index (κ1) is 62.0. The third-order valence-corrected chi connectivity index (χ3v) is 21.4. The van der Waals surface area contributed by atoms with Gasteiger partial charge in [-0.15, -0.1) is 0 Å². The number of pyridine rings is 4. The number of benzene rings is 14. The van der Waals surface area contributed by atoms with Gasteiger partial charge in [-0.3, -0.25) is 18.3 Å².